The molecule has 1 aromatic heterocycles. The van der Waals surface area contributed by atoms with Crippen molar-refractivity contribution in [2.75, 3.05) is 24.4 Å². The Morgan fingerprint density at radius 1 is 0.809 bits per heavy atom. The van der Waals surface area contributed by atoms with Crippen molar-refractivity contribution >= 4 is 52.0 Å². The van der Waals surface area contributed by atoms with E-state index in [4.69, 9.17) is 4.74 Å². The van der Waals surface area contributed by atoms with E-state index in [1.807, 2.05) is 26.4 Å². The molecule has 0 aliphatic heterocycles. The van der Waals surface area contributed by atoms with Crippen LogP contribution in [0.1, 0.15) is 76.5 Å². The predicted molar refractivity (Wildman–Crippen MR) is 195 cm³/mol. The van der Waals surface area contributed by atoms with Crippen molar-refractivity contribution < 1.29 is 21.6 Å². The summed E-state index contributed by atoms with van der Waals surface area (Å²) in [5, 5.41) is 7.21. The third kappa shape index (κ3) is 9.55. The monoisotopic (exact) mass is 678 g/mol. The van der Waals surface area contributed by atoms with Crippen LogP contribution >= 0.6 is 0 Å². The summed E-state index contributed by atoms with van der Waals surface area (Å²) in [7, 11) is -6.82. The highest BCUT2D eigenvalue weighted by atomic mass is 32.2. The molecule has 0 bridgehead atoms. The normalized spacial score (nSPS) is 14.0. The lowest BCUT2D eigenvalue weighted by Crippen LogP contribution is -2.33. The molecule has 4 aromatic carbocycles. The highest BCUT2D eigenvalue weighted by Crippen LogP contribution is 2.36. The molecule has 0 spiro atoms. The summed E-state index contributed by atoms with van der Waals surface area (Å²) in [6, 6.07) is 20.1. The van der Waals surface area contributed by atoms with Crippen LogP contribution < -0.4 is 0 Å². The second kappa shape index (κ2) is 15.9. The Morgan fingerprint density at radius 3 is 2.28 bits per heavy atom. The van der Waals surface area contributed by atoms with Gasteiger partial charge in [-0.2, -0.15) is 0 Å². The van der Waals surface area contributed by atoms with Crippen molar-refractivity contribution in [2.45, 2.75) is 90.0 Å². The molecule has 0 amide bonds. The van der Waals surface area contributed by atoms with Gasteiger partial charge in [0.1, 0.15) is 9.84 Å². The molecule has 0 saturated heterocycles. The molecule has 0 radical (unpaired) electrons. The van der Waals surface area contributed by atoms with Crippen molar-refractivity contribution in [3.8, 4) is 0 Å². The molecule has 9 heteroatoms. The van der Waals surface area contributed by atoms with Gasteiger partial charge in [0.15, 0.2) is 9.84 Å². The van der Waals surface area contributed by atoms with E-state index in [2.05, 4.69) is 64.1 Å². The Morgan fingerprint density at radius 2 is 1.53 bits per heavy atom. The molecular formula is C38H50N2O5S2. The number of imidazole rings is 1. The summed E-state index contributed by atoms with van der Waals surface area (Å²) in [4.78, 5) is 4.50. The summed E-state index contributed by atoms with van der Waals surface area (Å²) in [6.07, 6.45) is 12.7. The third-order valence-corrected chi connectivity index (χ3v) is 13.0. The standard InChI is InChI=1S/C38H50N2O5S2/c1-4-5-15-35(27-46(3,41)42)47(43,44)26-29(2)11-6-8-22-40-24-34(39-28-40)25-45-23-9-7-12-30-16-17-33-19-18-31-13-10-14-32-20-21-36(30)38(33)37(31)32/h10,13-14,16-21,24,28-29,35H,4-9,11-12,15,22-23,25-27H2,1-3H3. The van der Waals surface area contributed by atoms with Crippen molar-refractivity contribution in [3.63, 3.8) is 0 Å². The molecule has 0 fully saturated rings. The van der Waals surface area contributed by atoms with Crippen LogP contribution in [0.4, 0.5) is 0 Å². The fourth-order valence-electron chi connectivity index (χ4n) is 6.85. The largest absolute Gasteiger partial charge is 0.375 e. The first-order valence-corrected chi connectivity index (χ1v) is 20.9. The van der Waals surface area contributed by atoms with Gasteiger partial charge in [0, 0.05) is 25.6 Å². The first-order chi connectivity index (χ1) is 22.5. The quantitative estimate of drug-likeness (QED) is 0.0609. The topological polar surface area (TPSA) is 95.3 Å². The van der Waals surface area contributed by atoms with Crippen LogP contribution in [-0.2, 0) is 44.0 Å². The highest BCUT2D eigenvalue weighted by molar-refractivity contribution is 7.95. The van der Waals surface area contributed by atoms with Crippen LogP contribution in [0.25, 0.3) is 32.3 Å². The molecule has 2 atom stereocenters. The van der Waals surface area contributed by atoms with Gasteiger partial charge in [-0.25, -0.2) is 21.8 Å². The molecule has 5 rings (SSSR count). The van der Waals surface area contributed by atoms with Gasteiger partial charge in [-0.05, 0) is 82.3 Å². The number of sulfone groups is 2. The van der Waals surface area contributed by atoms with E-state index < -0.39 is 24.9 Å². The van der Waals surface area contributed by atoms with Crippen molar-refractivity contribution in [2.24, 2.45) is 5.92 Å². The fraction of sp³-hybridized carbons (Fsp3) is 0.500. The number of unbranched alkanes of at least 4 members (excludes halogenated alkanes) is 3. The van der Waals surface area contributed by atoms with Crippen LogP contribution in [0, 0.1) is 5.92 Å². The number of rotatable bonds is 20. The lowest BCUT2D eigenvalue weighted by atomic mass is 9.91. The van der Waals surface area contributed by atoms with E-state index in [9.17, 15) is 16.8 Å². The molecular weight excluding hydrogens is 629 g/mol. The molecule has 0 aliphatic rings. The molecule has 1 heterocycles. The van der Waals surface area contributed by atoms with E-state index in [-0.39, 0.29) is 17.4 Å². The van der Waals surface area contributed by atoms with E-state index >= 15 is 0 Å². The first kappa shape index (κ1) is 35.3. The van der Waals surface area contributed by atoms with Gasteiger partial charge in [-0.15, -0.1) is 0 Å². The molecule has 7 nitrogen and oxygen atoms in total. The Labute approximate surface area is 280 Å². The highest BCUT2D eigenvalue weighted by Gasteiger charge is 2.30. The number of hydrogen-bond donors (Lipinski definition) is 0. The van der Waals surface area contributed by atoms with E-state index in [1.54, 1.807) is 0 Å². The van der Waals surface area contributed by atoms with Gasteiger partial charge in [-0.1, -0.05) is 87.7 Å². The molecule has 47 heavy (non-hydrogen) atoms. The zero-order chi connectivity index (χ0) is 33.4. The van der Waals surface area contributed by atoms with E-state index in [1.165, 1.54) is 37.9 Å². The maximum Gasteiger partial charge on any atom is 0.154 e. The lowest BCUT2D eigenvalue weighted by molar-refractivity contribution is 0.115. The summed E-state index contributed by atoms with van der Waals surface area (Å²) >= 11 is 0. The van der Waals surface area contributed by atoms with E-state index in [0.29, 0.717) is 19.6 Å². The molecule has 0 saturated carbocycles. The minimum absolute atomic E-state index is 0.00996. The summed E-state index contributed by atoms with van der Waals surface area (Å²) in [5.41, 5.74) is 2.31. The van der Waals surface area contributed by atoms with Crippen LogP contribution in [0.2, 0.25) is 0 Å². The van der Waals surface area contributed by atoms with Crippen molar-refractivity contribution in [3.05, 3.63) is 78.4 Å². The first-order valence-electron chi connectivity index (χ1n) is 17.2. The van der Waals surface area contributed by atoms with Gasteiger partial charge in [-0.3, -0.25) is 0 Å². The minimum Gasteiger partial charge on any atom is -0.375 e. The number of aromatic nitrogens is 2. The number of ether oxygens (including phenoxy) is 1. The smallest absolute Gasteiger partial charge is 0.154 e. The molecule has 0 N–H and O–H groups in total. The average molecular weight is 679 g/mol. The van der Waals surface area contributed by atoms with Gasteiger partial charge >= 0.3 is 0 Å². The number of hydrogen-bond acceptors (Lipinski definition) is 6. The lowest BCUT2D eigenvalue weighted by Gasteiger charge is -2.19. The minimum atomic E-state index is -3.47. The van der Waals surface area contributed by atoms with Crippen LogP contribution in [-0.4, -0.2) is 56.0 Å². The predicted octanol–water partition coefficient (Wildman–Crippen LogP) is 8.14. The molecule has 0 aliphatic carbocycles. The molecule has 5 aromatic rings. The second-order valence-electron chi connectivity index (χ2n) is 13.5. The van der Waals surface area contributed by atoms with Gasteiger partial charge in [0.25, 0.3) is 0 Å². The Bertz CT molecular complexity index is 1950. The zero-order valence-corrected chi connectivity index (χ0v) is 29.8. The van der Waals surface area contributed by atoms with Gasteiger partial charge in [0.05, 0.1) is 35.4 Å². The zero-order valence-electron chi connectivity index (χ0n) is 28.2. The molecule has 2 unspecified atom stereocenters. The van der Waals surface area contributed by atoms with Crippen molar-refractivity contribution in [1.82, 2.24) is 9.55 Å². The van der Waals surface area contributed by atoms with Crippen LogP contribution in [0.15, 0.2) is 67.1 Å². The number of benzene rings is 4. The van der Waals surface area contributed by atoms with Crippen molar-refractivity contribution in [1.29, 1.82) is 0 Å². The van der Waals surface area contributed by atoms with Gasteiger partial charge < -0.3 is 9.30 Å². The Hall–Kier alpha value is -3.01. The Kier molecular flexibility index (Phi) is 12.0. The fourth-order valence-corrected chi connectivity index (χ4v) is 11.0. The maximum atomic E-state index is 13.0. The summed E-state index contributed by atoms with van der Waals surface area (Å²) in [5.74, 6) is -0.247. The number of nitrogens with zero attached hydrogens (tertiary/aromatic N) is 2. The SMILES string of the molecule is CCCCC(CS(C)(=O)=O)S(=O)(=O)CC(C)CCCCn1cnc(COCCCCc2ccc3ccc4cccc5ccc2c3c45)c1. The summed E-state index contributed by atoms with van der Waals surface area (Å²) in [6.45, 7) is 5.95. The van der Waals surface area contributed by atoms with Gasteiger partial charge in [0.2, 0.25) is 0 Å². The third-order valence-electron chi connectivity index (χ3n) is 9.30. The summed E-state index contributed by atoms with van der Waals surface area (Å²) < 4.78 is 57.7. The Balaban J connectivity index is 0.997. The van der Waals surface area contributed by atoms with Crippen LogP contribution in [0.5, 0.6) is 0 Å². The average Bonchev–Trinajstić information content (AvgIpc) is 3.49. The maximum absolute atomic E-state index is 13.0. The number of aryl methyl sites for hydroxylation is 2. The van der Waals surface area contributed by atoms with E-state index in [0.717, 1.165) is 69.9 Å². The second-order valence-corrected chi connectivity index (χ2v) is 18.0. The van der Waals surface area contributed by atoms with Crippen LogP contribution in [0.3, 0.4) is 0 Å². The molecule has 254 valence electrons.